The van der Waals surface area contributed by atoms with Crippen LogP contribution in [0.5, 0.6) is 5.75 Å². The molecule has 5 nitrogen and oxygen atoms in total. The summed E-state index contributed by atoms with van der Waals surface area (Å²) in [7, 11) is 1.66. The highest BCUT2D eigenvalue weighted by atomic mass is 35.5. The van der Waals surface area contributed by atoms with Gasteiger partial charge in [0.15, 0.2) is 0 Å². The second kappa shape index (κ2) is 9.87. The van der Waals surface area contributed by atoms with Gasteiger partial charge < -0.3 is 20.1 Å². The first-order chi connectivity index (χ1) is 11.1. The predicted octanol–water partition coefficient (Wildman–Crippen LogP) is 2.45. The van der Waals surface area contributed by atoms with Crippen LogP contribution < -0.4 is 15.4 Å². The number of piperidine rings is 1. The highest BCUT2D eigenvalue weighted by Crippen LogP contribution is 2.30. The van der Waals surface area contributed by atoms with E-state index in [1.165, 1.54) is 0 Å². The largest absolute Gasteiger partial charge is 0.494 e. The molecule has 136 valence electrons. The molecule has 1 heterocycles. The first-order valence-electron chi connectivity index (χ1n) is 8.31. The molecule has 0 radical (unpaired) electrons. The number of methoxy groups -OCH3 is 1. The zero-order valence-corrected chi connectivity index (χ0v) is 15.6. The summed E-state index contributed by atoms with van der Waals surface area (Å²) >= 11 is 0. The maximum absolute atomic E-state index is 12.8. The Balaban J connectivity index is 0.00000288. The molecule has 0 saturated carbocycles. The van der Waals surface area contributed by atoms with Crippen LogP contribution in [0.1, 0.15) is 30.9 Å². The normalized spacial score (nSPS) is 16.1. The zero-order chi connectivity index (χ0) is 16.7. The number of carbonyl (C=O) groups excluding carboxylic acids is 1. The molecule has 1 aromatic carbocycles. The molecule has 2 N–H and O–H groups in total. The highest BCUT2D eigenvalue weighted by molar-refractivity contribution is 5.85. The maximum Gasteiger partial charge on any atom is 0.228 e. The molecule has 0 bridgehead atoms. The van der Waals surface area contributed by atoms with Crippen LogP contribution in [0.25, 0.3) is 0 Å². The van der Waals surface area contributed by atoms with Crippen molar-refractivity contribution in [2.45, 2.75) is 33.2 Å². The molecule has 0 aliphatic carbocycles. The molecule has 24 heavy (non-hydrogen) atoms. The number of hydrogen-bond donors (Lipinski definition) is 2. The monoisotopic (exact) mass is 356 g/mol. The van der Waals surface area contributed by atoms with Crippen LogP contribution >= 0.6 is 12.4 Å². The summed E-state index contributed by atoms with van der Waals surface area (Å²) in [5.74, 6) is 0.919. The number of benzene rings is 1. The summed E-state index contributed by atoms with van der Waals surface area (Å²) in [5.41, 5.74) is 1.74. The lowest BCUT2D eigenvalue weighted by atomic mass is 9.78. The Morgan fingerprint density at radius 2 is 2.04 bits per heavy atom. The minimum atomic E-state index is -0.420. The van der Waals surface area contributed by atoms with Crippen LogP contribution in [-0.2, 0) is 16.1 Å². The summed E-state index contributed by atoms with van der Waals surface area (Å²) in [6, 6.07) is 6.08. The van der Waals surface area contributed by atoms with Crippen LogP contribution in [0.15, 0.2) is 18.2 Å². The van der Waals surface area contributed by atoms with Gasteiger partial charge in [-0.15, -0.1) is 12.4 Å². The average Bonchev–Trinajstić information content (AvgIpc) is 2.55. The van der Waals surface area contributed by atoms with Gasteiger partial charge in [0.25, 0.3) is 0 Å². The number of halogens is 1. The van der Waals surface area contributed by atoms with Crippen molar-refractivity contribution in [3.8, 4) is 5.75 Å². The van der Waals surface area contributed by atoms with Gasteiger partial charge >= 0.3 is 0 Å². The minimum absolute atomic E-state index is 0. The molecule has 0 atom stereocenters. The zero-order valence-electron chi connectivity index (χ0n) is 14.8. The van der Waals surface area contributed by atoms with E-state index in [0.717, 1.165) is 42.8 Å². The topological polar surface area (TPSA) is 59.6 Å². The molecule has 1 aliphatic heterocycles. The van der Waals surface area contributed by atoms with Gasteiger partial charge in [0.2, 0.25) is 5.91 Å². The average molecular weight is 357 g/mol. The second-order valence-electron chi connectivity index (χ2n) is 6.19. The fraction of sp³-hybridized carbons (Fsp3) is 0.611. The van der Waals surface area contributed by atoms with E-state index in [2.05, 4.69) is 10.6 Å². The third-order valence-electron chi connectivity index (χ3n) is 4.42. The van der Waals surface area contributed by atoms with Crippen molar-refractivity contribution in [1.82, 2.24) is 10.6 Å². The quantitative estimate of drug-likeness (QED) is 0.787. The van der Waals surface area contributed by atoms with Crippen molar-refractivity contribution in [3.05, 3.63) is 29.3 Å². The Morgan fingerprint density at radius 3 is 2.67 bits per heavy atom. The van der Waals surface area contributed by atoms with Crippen molar-refractivity contribution in [2.24, 2.45) is 5.41 Å². The lowest BCUT2D eigenvalue weighted by Crippen LogP contribution is -2.50. The van der Waals surface area contributed by atoms with Crippen molar-refractivity contribution in [1.29, 1.82) is 0 Å². The highest BCUT2D eigenvalue weighted by Gasteiger charge is 2.39. The molecule has 1 amide bonds. The molecule has 1 saturated heterocycles. The number of ether oxygens (including phenoxy) is 2. The lowest BCUT2D eigenvalue weighted by Gasteiger charge is -2.35. The van der Waals surface area contributed by atoms with E-state index < -0.39 is 5.41 Å². The van der Waals surface area contributed by atoms with Gasteiger partial charge in [0.1, 0.15) is 5.75 Å². The smallest absolute Gasteiger partial charge is 0.228 e. The number of rotatable bonds is 7. The van der Waals surface area contributed by atoms with Crippen molar-refractivity contribution in [3.63, 3.8) is 0 Å². The molecule has 0 unspecified atom stereocenters. The summed E-state index contributed by atoms with van der Waals surface area (Å²) in [6.07, 6.45) is 1.61. The van der Waals surface area contributed by atoms with Crippen LogP contribution in [0.4, 0.5) is 0 Å². The summed E-state index contributed by atoms with van der Waals surface area (Å²) in [5, 5.41) is 6.39. The summed E-state index contributed by atoms with van der Waals surface area (Å²) in [6.45, 7) is 7.27. The fourth-order valence-electron chi connectivity index (χ4n) is 3.08. The van der Waals surface area contributed by atoms with Gasteiger partial charge in [-0.2, -0.15) is 0 Å². The van der Waals surface area contributed by atoms with E-state index >= 15 is 0 Å². The minimum Gasteiger partial charge on any atom is -0.494 e. The summed E-state index contributed by atoms with van der Waals surface area (Å²) in [4.78, 5) is 12.8. The number of hydrogen-bond acceptors (Lipinski definition) is 4. The van der Waals surface area contributed by atoms with Crippen molar-refractivity contribution >= 4 is 18.3 Å². The summed E-state index contributed by atoms with van der Waals surface area (Å²) < 4.78 is 11.0. The number of nitrogens with one attached hydrogen (secondary N) is 2. The first-order valence-corrected chi connectivity index (χ1v) is 8.31. The maximum atomic E-state index is 12.8. The first kappa shape index (κ1) is 20.7. The van der Waals surface area contributed by atoms with Crippen molar-refractivity contribution in [2.75, 3.05) is 33.4 Å². The van der Waals surface area contributed by atoms with Gasteiger partial charge in [-0.25, -0.2) is 0 Å². The fourth-order valence-corrected chi connectivity index (χ4v) is 3.08. The van der Waals surface area contributed by atoms with Crippen LogP contribution in [0.3, 0.4) is 0 Å². The van der Waals surface area contributed by atoms with Gasteiger partial charge in [-0.1, -0.05) is 12.1 Å². The number of carbonyl (C=O) groups is 1. The van der Waals surface area contributed by atoms with Gasteiger partial charge in [-0.3, -0.25) is 4.79 Å². The molecule has 0 aromatic heterocycles. The van der Waals surface area contributed by atoms with E-state index in [9.17, 15) is 4.79 Å². The van der Waals surface area contributed by atoms with E-state index in [-0.39, 0.29) is 18.3 Å². The third-order valence-corrected chi connectivity index (χ3v) is 4.42. The molecule has 0 spiro atoms. The van der Waals surface area contributed by atoms with Crippen molar-refractivity contribution < 1.29 is 14.3 Å². The number of aryl methyl sites for hydroxylation is 1. The Bertz CT molecular complexity index is 525. The molecular formula is C18H29ClN2O3. The van der Waals surface area contributed by atoms with Gasteiger partial charge in [-0.05, 0) is 51.4 Å². The Labute approximate surface area is 150 Å². The van der Waals surface area contributed by atoms with Crippen LogP contribution in [0, 0.1) is 12.3 Å². The van der Waals surface area contributed by atoms with E-state index in [0.29, 0.717) is 19.8 Å². The SMILES string of the molecule is CCOc1cc(C)ccc1CNC(=O)C1(COC)CCNCC1.Cl. The van der Waals surface area contributed by atoms with Gasteiger partial charge in [0.05, 0.1) is 18.6 Å². The third kappa shape index (κ3) is 5.10. The number of amides is 1. The van der Waals surface area contributed by atoms with E-state index in [4.69, 9.17) is 9.47 Å². The van der Waals surface area contributed by atoms with Crippen LogP contribution in [0.2, 0.25) is 0 Å². The lowest BCUT2D eigenvalue weighted by molar-refractivity contribution is -0.136. The second-order valence-corrected chi connectivity index (χ2v) is 6.19. The Hall–Kier alpha value is -1.30. The molecule has 6 heteroatoms. The molecule has 1 fully saturated rings. The predicted molar refractivity (Wildman–Crippen MR) is 97.9 cm³/mol. The van der Waals surface area contributed by atoms with Crippen LogP contribution in [-0.4, -0.2) is 39.3 Å². The molecule has 2 rings (SSSR count). The molecule has 1 aliphatic rings. The molecule has 1 aromatic rings. The van der Waals surface area contributed by atoms with E-state index in [1.54, 1.807) is 7.11 Å². The Kier molecular flexibility index (Phi) is 8.53. The molecular weight excluding hydrogens is 328 g/mol. The van der Waals surface area contributed by atoms with Gasteiger partial charge in [0, 0.05) is 19.2 Å². The Morgan fingerprint density at radius 1 is 1.33 bits per heavy atom. The van der Waals surface area contributed by atoms with E-state index in [1.807, 2.05) is 32.0 Å². The standard InChI is InChI=1S/C18H28N2O3.ClH/c1-4-23-16-11-14(2)5-6-15(16)12-20-17(21)18(13-22-3)7-9-19-10-8-18;/h5-6,11,19H,4,7-10,12-13H2,1-3H3,(H,20,21);1H.